The predicted octanol–water partition coefficient (Wildman–Crippen LogP) is 5.30. The van der Waals surface area contributed by atoms with E-state index in [1.807, 2.05) is 24.9 Å². The standard InChI is InChI=1S/C17H18BrFN2O/c1-4-21(3)11-20-15-9-12(2)17(10-13(15)18)22-16-8-6-5-7-14(16)19/h5-11H,4H2,1-3H3. The SMILES string of the molecule is CCN(C)C=Nc1cc(C)c(Oc2ccccc2F)cc1Br. The van der Waals surface area contributed by atoms with Crippen LogP contribution >= 0.6 is 15.9 Å². The lowest BCUT2D eigenvalue weighted by Crippen LogP contribution is -2.14. The highest BCUT2D eigenvalue weighted by Crippen LogP contribution is 2.35. The molecule has 0 saturated heterocycles. The molecule has 0 aromatic heterocycles. The number of benzene rings is 2. The summed E-state index contributed by atoms with van der Waals surface area (Å²) in [6.45, 7) is 4.84. The Labute approximate surface area is 138 Å². The molecule has 2 aromatic carbocycles. The van der Waals surface area contributed by atoms with Crippen molar-refractivity contribution in [2.45, 2.75) is 13.8 Å². The molecule has 0 amide bonds. The molecule has 0 bridgehead atoms. The highest BCUT2D eigenvalue weighted by molar-refractivity contribution is 9.10. The van der Waals surface area contributed by atoms with Crippen molar-refractivity contribution >= 4 is 28.0 Å². The van der Waals surface area contributed by atoms with E-state index >= 15 is 0 Å². The smallest absolute Gasteiger partial charge is 0.165 e. The van der Waals surface area contributed by atoms with Crippen LogP contribution in [-0.2, 0) is 0 Å². The maximum absolute atomic E-state index is 13.7. The van der Waals surface area contributed by atoms with Gasteiger partial charge in [0.05, 0.1) is 12.0 Å². The average Bonchev–Trinajstić information content (AvgIpc) is 2.51. The van der Waals surface area contributed by atoms with Crippen LogP contribution in [0, 0.1) is 12.7 Å². The first-order valence-electron chi connectivity index (χ1n) is 6.98. The van der Waals surface area contributed by atoms with Crippen molar-refractivity contribution in [1.82, 2.24) is 4.90 Å². The van der Waals surface area contributed by atoms with E-state index in [9.17, 15) is 4.39 Å². The van der Waals surface area contributed by atoms with Crippen molar-refractivity contribution in [3.63, 3.8) is 0 Å². The fourth-order valence-electron chi connectivity index (χ4n) is 1.75. The van der Waals surface area contributed by atoms with Gasteiger partial charge >= 0.3 is 0 Å². The molecule has 0 atom stereocenters. The average molecular weight is 365 g/mol. The lowest BCUT2D eigenvalue weighted by atomic mass is 10.2. The van der Waals surface area contributed by atoms with Crippen molar-refractivity contribution in [2.24, 2.45) is 4.99 Å². The highest BCUT2D eigenvalue weighted by Gasteiger charge is 2.09. The number of aryl methyl sites for hydroxylation is 1. The third kappa shape index (κ3) is 4.07. The Bertz CT molecular complexity index is 688. The first-order chi connectivity index (χ1) is 10.5. The zero-order valence-electron chi connectivity index (χ0n) is 12.8. The van der Waals surface area contributed by atoms with Gasteiger partial charge in [0.25, 0.3) is 0 Å². The van der Waals surface area contributed by atoms with E-state index in [1.165, 1.54) is 6.07 Å². The van der Waals surface area contributed by atoms with Crippen LogP contribution in [0.2, 0.25) is 0 Å². The molecule has 2 rings (SSSR count). The van der Waals surface area contributed by atoms with Gasteiger partial charge in [-0.2, -0.15) is 0 Å². The maximum Gasteiger partial charge on any atom is 0.165 e. The minimum atomic E-state index is -0.385. The van der Waals surface area contributed by atoms with Gasteiger partial charge in [-0.1, -0.05) is 12.1 Å². The number of rotatable bonds is 5. The molecule has 0 aliphatic heterocycles. The summed E-state index contributed by atoms with van der Waals surface area (Å²) in [6, 6.07) is 10.1. The minimum Gasteiger partial charge on any atom is -0.454 e. The second-order valence-corrected chi connectivity index (χ2v) is 5.77. The van der Waals surface area contributed by atoms with Gasteiger partial charge in [-0.3, -0.25) is 0 Å². The Kier molecular flexibility index (Phi) is 5.55. The van der Waals surface area contributed by atoms with Gasteiger partial charge in [0.1, 0.15) is 5.75 Å². The quantitative estimate of drug-likeness (QED) is 0.531. The zero-order chi connectivity index (χ0) is 16.1. The number of para-hydroxylation sites is 1. The highest BCUT2D eigenvalue weighted by atomic mass is 79.9. The lowest BCUT2D eigenvalue weighted by Gasteiger charge is -2.12. The summed E-state index contributed by atoms with van der Waals surface area (Å²) in [4.78, 5) is 6.41. The third-order valence-corrected chi connectivity index (χ3v) is 3.83. The van der Waals surface area contributed by atoms with Crippen LogP contribution < -0.4 is 4.74 Å². The summed E-state index contributed by atoms with van der Waals surface area (Å²) in [5.41, 5.74) is 1.69. The monoisotopic (exact) mass is 364 g/mol. The van der Waals surface area contributed by atoms with Gasteiger partial charge < -0.3 is 9.64 Å². The van der Waals surface area contributed by atoms with Gasteiger partial charge in [-0.05, 0) is 59.6 Å². The second kappa shape index (κ2) is 7.40. The van der Waals surface area contributed by atoms with Gasteiger partial charge in [0, 0.05) is 18.1 Å². The third-order valence-electron chi connectivity index (χ3n) is 3.19. The van der Waals surface area contributed by atoms with Crippen LogP contribution in [-0.4, -0.2) is 24.8 Å². The van der Waals surface area contributed by atoms with E-state index in [2.05, 4.69) is 27.8 Å². The molecule has 0 aliphatic carbocycles. The van der Waals surface area contributed by atoms with Crippen molar-refractivity contribution in [3.05, 3.63) is 52.3 Å². The molecule has 0 spiro atoms. The van der Waals surface area contributed by atoms with Crippen LogP contribution in [0.4, 0.5) is 10.1 Å². The molecule has 0 radical (unpaired) electrons. The first kappa shape index (κ1) is 16.5. The Balaban J connectivity index is 2.27. The summed E-state index contributed by atoms with van der Waals surface area (Å²) in [5.74, 6) is 0.420. The van der Waals surface area contributed by atoms with Crippen LogP contribution in [0.5, 0.6) is 11.5 Å². The van der Waals surface area contributed by atoms with Crippen molar-refractivity contribution in [1.29, 1.82) is 0 Å². The normalized spacial score (nSPS) is 11.0. The summed E-state index contributed by atoms with van der Waals surface area (Å²) < 4.78 is 20.1. The molecule has 0 fully saturated rings. The second-order valence-electron chi connectivity index (χ2n) is 4.92. The molecule has 0 unspecified atom stereocenters. The van der Waals surface area contributed by atoms with Crippen molar-refractivity contribution in [2.75, 3.05) is 13.6 Å². The van der Waals surface area contributed by atoms with E-state index in [4.69, 9.17) is 4.74 Å². The first-order valence-corrected chi connectivity index (χ1v) is 7.77. The Morgan fingerprint density at radius 1 is 1.27 bits per heavy atom. The Hall–Kier alpha value is -1.88. The van der Waals surface area contributed by atoms with Crippen molar-refractivity contribution < 1.29 is 9.13 Å². The topological polar surface area (TPSA) is 24.8 Å². The number of hydrogen-bond acceptors (Lipinski definition) is 2. The van der Waals surface area contributed by atoms with Gasteiger partial charge in [-0.25, -0.2) is 9.38 Å². The van der Waals surface area contributed by atoms with Gasteiger partial charge in [-0.15, -0.1) is 0 Å². The molecule has 3 nitrogen and oxygen atoms in total. The molecule has 2 aromatic rings. The van der Waals surface area contributed by atoms with Crippen molar-refractivity contribution in [3.8, 4) is 11.5 Å². The fourth-order valence-corrected chi connectivity index (χ4v) is 2.17. The van der Waals surface area contributed by atoms with E-state index in [0.29, 0.717) is 5.75 Å². The van der Waals surface area contributed by atoms with Crippen LogP contribution in [0.3, 0.4) is 0 Å². The number of aliphatic imine (C=N–C) groups is 1. The minimum absolute atomic E-state index is 0.208. The van der Waals surface area contributed by atoms with E-state index in [-0.39, 0.29) is 11.6 Å². The summed E-state index contributed by atoms with van der Waals surface area (Å²) >= 11 is 3.48. The number of halogens is 2. The summed E-state index contributed by atoms with van der Waals surface area (Å²) in [6.07, 6.45) is 1.77. The van der Waals surface area contributed by atoms with E-state index < -0.39 is 0 Å². The van der Waals surface area contributed by atoms with Crippen LogP contribution in [0.15, 0.2) is 45.9 Å². The van der Waals surface area contributed by atoms with Gasteiger partial charge in [0.2, 0.25) is 0 Å². The molecule has 0 N–H and O–H groups in total. The molecule has 22 heavy (non-hydrogen) atoms. The number of ether oxygens (including phenoxy) is 1. The molecular weight excluding hydrogens is 347 g/mol. The van der Waals surface area contributed by atoms with Gasteiger partial charge in [0.15, 0.2) is 11.6 Å². The lowest BCUT2D eigenvalue weighted by molar-refractivity contribution is 0.439. The Morgan fingerprint density at radius 3 is 2.68 bits per heavy atom. The summed E-state index contributed by atoms with van der Waals surface area (Å²) in [7, 11) is 1.96. The molecule has 0 aliphatic rings. The van der Waals surface area contributed by atoms with E-state index in [1.54, 1.807) is 30.6 Å². The maximum atomic E-state index is 13.7. The predicted molar refractivity (Wildman–Crippen MR) is 91.8 cm³/mol. The molecule has 0 saturated carbocycles. The fraction of sp³-hybridized carbons (Fsp3) is 0.235. The van der Waals surface area contributed by atoms with Crippen LogP contribution in [0.1, 0.15) is 12.5 Å². The van der Waals surface area contributed by atoms with E-state index in [0.717, 1.165) is 22.3 Å². The number of hydrogen-bond donors (Lipinski definition) is 0. The molecular formula is C17H18BrFN2O. The number of nitrogens with zero attached hydrogens (tertiary/aromatic N) is 2. The summed E-state index contributed by atoms with van der Waals surface area (Å²) in [5, 5.41) is 0. The largest absolute Gasteiger partial charge is 0.454 e. The molecule has 0 heterocycles. The molecule has 5 heteroatoms. The molecule has 116 valence electrons. The van der Waals surface area contributed by atoms with Crippen LogP contribution in [0.25, 0.3) is 0 Å². The Morgan fingerprint density at radius 2 is 2.00 bits per heavy atom. The zero-order valence-corrected chi connectivity index (χ0v) is 14.4.